The minimum atomic E-state index is -3.74. The molecule has 0 unspecified atom stereocenters. The molecule has 0 fully saturated rings. The van der Waals surface area contributed by atoms with E-state index in [0.717, 1.165) is 0 Å². The van der Waals surface area contributed by atoms with Gasteiger partial charge in [-0.3, -0.25) is 0 Å². The van der Waals surface area contributed by atoms with Crippen LogP contribution in [0, 0.1) is 0 Å². The number of hydrogen-bond donors (Lipinski definition) is 1. The molecule has 0 N–H and O–H groups in total. The molecule has 0 atom stereocenters. The van der Waals surface area contributed by atoms with E-state index >= 15 is 0 Å². The smallest absolute Gasteiger partial charge is 0.248 e. The molecule has 62 valence electrons. The van der Waals surface area contributed by atoms with Gasteiger partial charge < -0.3 is 0 Å². The first kappa shape index (κ1) is 10.2. The molecule has 4 nitrogen and oxygen atoms in total. The van der Waals surface area contributed by atoms with E-state index in [-0.39, 0.29) is 13.2 Å². The zero-order valence-corrected chi connectivity index (χ0v) is 7.32. The van der Waals surface area contributed by atoms with Gasteiger partial charge in [0.1, 0.15) is 0 Å². The van der Waals surface area contributed by atoms with Crippen LogP contribution in [0.2, 0.25) is 0 Å². The maximum Gasteiger partial charge on any atom is 0.399 e. The lowest BCUT2D eigenvalue weighted by Crippen LogP contribution is -2.11. The number of rotatable bonds is 5. The van der Waals surface area contributed by atoms with Crippen LogP contribution in [0.4, 0.5) is 0 Å². The molecule has 0 saturated carbocycles. The van der Waals surface area contributed by atoms with E-state index < -0.39 is 10.4 Å². The summed E-state index contributed by atoms with van der Waals surface area (Å²) in [4.78, 5) is 0. The van der Waals surface area contributed by atoms with Gasteiger partial charge in [-0.25, -0.2) is 8.37 Å². The van der Waals surface area contributed by atoms with Crippen LogP contribution in [0.3, 0.4) is 0 Å². The van der Waals surface area contributed by atoms with E-state index in [2.05, 4.69) is 21.0 Å². The average Bonchev–Trinajstić information content (AvgIpc) is 1.84. The quantitative estimate of drug-likeness (QED) is 0.624. The first-order chi connectivity index (χ1) is 4.62. The predicted octanol–water partition coefficient (Wildman–Crippen LogP) is 0.214. The fraction of sp³-hybridized carbons (Fsp3) is 1.00. The van der Waals surface area contributed by atoms with Crippen LogP contribution >= 0.6 is 12.6 Å². The third kappa shape index (κ3) is 5.04. The van der Waals surface area contributed by atoms with Crippen LogP contribution in [0.1, 0.15) is 6.92 Å². The van der Waals surface area contributed by atoms with Gasteiger partial charge in [0.25, 0.3) is 0 Å². The normalized spacial score (nSPS) is 11.8. The summed E-state index contributed by atoms with van der Waals surface area (Å²) < 4.78 is 29.6. The Morgan fingerprint density at radius 2 is 2.00 bits per heavy atom. The fourth-order valence-corrected chi connectivity index (χ4v) is 1.18. The van der Waals surface area contributed by atoms with Crippen molar-refractivity contribution in [1.82, 2.24) is 0 Å². The maximum atomic E-state index is 10.5. The minimum Gasteiger partial charge on any atom is -0.248 e. The van der Waals surface area contributed by atoms with Gasteiger partial charge in [-0.15, -0.1) is 0 Å². The highest BCUT2D eigenvalue weighted by molar-refractivity contribution is 7.82. The monoisotopic (exact) mass is 186 g/mol. The molecule has 0 aliphatic heterocycles. The van der Waals surface area contributed by atoms with Crippen LogP contribution in [0.5, 0.6) is 0 Å². The van der Waals surface area contributed by atoms with Crippen molar-refractivity contribution in [1.29, 1.82) is 0 Å². The largest absolute Gasteiger partial charge is 0.399 e. The van der Waals surface area contributed by atoms with Crippen LogP contribution < -0.4 is 0 Å². The molecule has 0 spiro atoms. The van der Waals surface area contributed by atoms with Crippen molar-refractivity contribution in [2.45, 2.75) is 6.92 Å². The highest BCUT2D eigenvalue weighted by Crippen LogP contribution is 1.94. The van der Waals surface area contributed by atoms with E-state index in [4.69, 9.17) is 0 Å². The van der Waals surface area contributed by atoms with Crippen molar-refractivity contribution in [2.24, 2.45) is 0 Å². The van der Waals surface area contributed by atoms with Crippen molar-refractivity contribution in [3.63, 3.8) is 0 Å². The van der Waals surface area contributed by atoms with Gasteiger partial charge in [-0.2, -0.15) is 21.0 Å². The highest BCUT2D eigenvalue weighted by Gasteiger charge is 2.08. The molecular formula is C4H10O4S2. The lowest BCUT2D eigenvalue weighted by atomic mass is 10.9. The van der Waals surface area contributed by atoms with Crippen molar-refractivity contribution in [2.75, 3.05) is 19.0 Å². The highest BCUT2D eigenvalue weighted by atomic mass is 32.3. The third-order valence-corrected chi connectivity index (χ3v) is 1.74. The standard InChI is InChI=1S/C4H10O4S2/c1-2-7-10(5,6)8-3-4-9/h9H,2-4H2,1H3. The molecule has 0 aliphatic carbocycles. The summed E-state index contributed by atoms with van der Waals surface area (Å²) in [6, 6.07) is 0. The topological polar surface area (TPSA) is 52.6 Å². The van der Waals surface area contributed by atoms with Crippen molar-refractivity contribution >= 4 is 23.0 Å². The van der Waals surface area contributed by atoms with Crippen LogP contribution in [-0.4, -0.2) is 27.4 Å². The first-order valence-electron chi connectivity index (χ1n) is 2.77. The number of thiol groups is 1. The second-order valence-corrected chi connectivity index (χ2v) is 3.10. The molecule has 0 radical (unpaired) electrons. The first-order valence-corrected chi connectivity index (χ1v) is 4.73. The van der Waals surface area contributed by atoms with Crippen LogP contribution in [-0.2, 0) is 18.8 Å². The average molecular weight is 186 g/mol. The van der Waals surface area contributed by atoms with E-state index in [1.165, 1.54) is 0 Å². The summed E-state index contributed by atoms with van der Waals surface area (Å²) in [6.45, 7) is 1.71. The van der Waals surface area contributed by atoms with Gasteiger partial charge in [0.05, 0.1) is 13.2 Å². The van der Waals surface area contributed by atoms with Crippen molar-refractivity contribution in [3.05, 3.63) is 0 Å². The molecule has 0 amide bonds. The molecular weight excluding hydrogens is 176 g/mol. The van der Waals surface area contributed by atoms with E-state index in [1.54, 1.807) is 6.92 Å². The molecule has 0 bridgehead atoms. The fourth-order valence-electron chi connectivity index (χ4n) is 0.318. The Kier molecular flexibility index (Phi) is 5.06. The maximum absolute atomic E-state index is 10.5. The van der Waals surface area contributed by atoms with Crippen LogP contribution in [0.15, 0.2) is 0 Å². The third-order valence-electron chi connectivity index (χ3n) is 0.581. The molecule has 10 heavy (non-hydrogen) atoms. The molecule has 0 aliphatic rings. The zero-order chi connectivity index (χ0) is 8.04. The van der Waals surface area contributed by atoms with Gasteiger partial charge in [0.15, 0.2) is 0 Å². The predicted molar refractivity (Wildman–Crippen MR) is 40.4 cm³/mol. The second kappa shape index (κ2) is 4.95. The summed E-state index contributed by atoms with van der Waals surface area (Å²) in [7, 11) is -3.74. The molecule has 0 aromatic heterocycles. The Hall–Kier alpha value is 0.220. The van der Waals surface area contributed by atoms with Gasteiger partial charge in [0, 0.05) is 5.75 Å². The van der Waals surface area contributed by atoms with Crippen molar-refractivity contribution < 1.29 is 16.8 Å². The minimum absolute atomic E-state index is 0.0471. The Morgan fingerprint density at radius 1 is 1.40 bits per heavy atom. The Labute approximate surface area is 66.3 Å². The lowest BCUT2D eigenvalue weighted by molar-refractivity contribution is 0.232. The Bertz CT molecular complexity index is 162. The number of hydrogen-bond acceptors (Lipinski definition) is 5. The van der Waals surface area contributed by atoms with E-state index in [9.17, 15) is 8.42 Å². The molecule has 0 aromatic carbocycles. The summed E-state index contributed by atoms with van der Waals surface area (Å²) >= 11 is 3.76. The summed E-state index contributed by atoms with van der Waals surface area (Å²) in [5, 5.41) is 0. The summed E-state index contributed by atoms with van der Waals surface area (Å²) in [5.74, 6) is 0.353. The Balaban J connectivity index is 3.65. The second-order valence-electron chi connectivity index (χ2n) is 1.36. The SMILES string of the molecule is CCOS(=O)(=O)OCCS. The summed E-state index contributed by atoms with van der Waals surface area (Å²) in [5.41, 5.74) is 0. The van der Waals surface area contributed by atoms with E-state index in [0.29, 0.717) is 5.75 Å². The molecule has 0 saturated heterocycles. The van der Waals surface area contributed by atoms with Gasteiger partial charge in [-0.05, 0) is 6.92 Å². The van der Waals surface area contributed by atoms with Gasteiger partial charge in [0.2, 0.25) is 0 Å². The zero-order valence-electron chi connectivity index (χ0n) is 5.61. The van der Waals surface area contributed by atoms with Gasteiger partial charge in [-0.1, -0.05) is 0 Å². The van der Waals surface area contributed by atoms with Crippen LogP contribution in [0.25, 0.3) is 0 Å². The van der Waals surface area contributed by atoms with E-state index in [1.807, 2.05) is 0 Å². The van der Waals surface area contributed by atoms with Gasteiger partial charge >= 0.3 is 10.4 Å². The summed E-state index contributed by atoms with van der Waals surface area (Å²) in [6.07, 6.45) is 0. The molecule has 0 heterocycles. The van der Waals surface area contributed by atoms with Crippen molar-refractivity contribution in [3.8, 4) is 0 Å². The Morgan fingerprint density at radius 3 is 2.40 bits per heavy atom. The molecule has 0 rings (SSSR count). The molecule has 0 aromatic rings. The lowest BCUT2D eigenvalue weighted by Gasteiger charge is -2.00. The molecule has 6 heteroatoms.